The van der Waals surface area contributed by atoms with Gasteiger partial charge in [-0.15, -0.1) is 0 Å². The van der Waals surface area contributed by atoms with E-state index in [1.807, 2.05) is 11.9 Å². The first-order chi connectivity index (χ1) is 13.1. The minimum absolute atomic E-state index is 0.182. The predicted octanol–water partition coefficient (Wildman–Crippen LogP) is 1.83. The van der Waals surface area contributed by atoms with Crippen LogP contribution in [0, 0.1) is 11.6 Å². The van der Waals surface area contributed by atoms with Crippen molar-refractivity contribution in [3.8, 4) is 11.3 Å². The molecule has 3 heterocycles. The lowest BCUT2D eigenvalue weighted by molar-refractivity contribution is 0.191. The Bertz CT molecular complexity index is 893. The first-order valence-electron chi connectivity index (χ1n) is 8.67. The molecule has 4 rings (SSSR count). The second kappa shape index (κ2) is 7.36. The normalized spacial score (nSPS) is 14.6. The molecule has 0 saturated carbocycles. The van der Waals surface area contributed by atoms with E-state index in [1.54, 1.807) is 17.2 Å². The molecule has 0 unspecified atom stereocenters. The molecule has 0 spiro atoms. The van der Waals surface area contributed by atoms with E-state index < -0.39 is 5.82 Å². The summed E-state index contributed by atoms with van der Waals surface area (Å²) in [5.41, 5.74) is 0.708. The summed E-state index contributed by atoms with van der Waals surface area (Å²) in [5, 5.41) is 8.18. The van der Waals surface area contributed by atoms with E-state index in [4.69, 9.17) is 0 Å². The average molecular weight is 371 g/mol. The number of hydrogen-bond acceptors (Lipinski definition) is 6. The minimum atomic E-state index is -0.481. The summed E-state index contributed by atoms with van der Waals surface area (Å²) in [5.74, 6) is -0.568. The molecule has 0 bridgehead atoms. The minimum Gasteiger partial charge on any atom is -0.351 e. The molecule has 1 aliphatic rings. The van der Waals surface area contributed by atoms with Gasteiger partial charge in [0, 0.05) is 31.2 Å². The third-order valence-corrected chi connectivity index (χ3v) is 4.79. The SMILES string of the molecule is CN(CCn1nccn1)C1CN(c2ncnc(-c3ccc(F)cc3)c2F)C1. The topological polar surface area (TPSA) is 63.0 Å². The summed E-state index contributed by atoms with van der Waals surface area (Å²) in [7, 11) is 2.03. The number of aromatic nitrogens is 5. The Kier molecular flexibility index (Phi) is 4.76. The number of anilines is 1. The Morgan fingerprint density at radius 3 is 2.48 bits per heavy atom. The maximum Gasteiger partial charge on any atom is 0.191 e. The summed E-state index contributed by atoms with van der Waals surface area (Å²) >= 11 is 0. The Hall–Kier alpha value is -2.94. The Morgan fingerprint density at radius 2 is 1.78 bits per heavy atom. The number of hydrogen-bond donors (Lipinski definition) is 0. The molecule has 1 aromatic carbocycles. The van der Waals surface area contributed by atoms with E-state index >= 15 is 0 Å². The van der Waals surface area contributed by atoms with Gasteiger partial charge in [-0.3, -0.25) is 4.90 Å². The van der Waals surface area contributed by atoms with Gasteiger partial charge in [-0.05, 0) is 31.3 Å². The van der Waals surface area contributed by atoms with Crippen molar-refractivity contribution >= 4 is 5.82 Å². The van der Waals surface area contributed by atoms with Crippen LogP contribution in [-0.2, 0) is 6.54 Å². The molecule has 27 heavy (non-hydrogen) atoms. The molecule has 1 saturated heterocycles. The van der Waals surface area contributed by atoms with Crippen LogP contribution in [0.3, 0.4) is 0 Å². The monoisotopic (exact) mass is 371 g/mol. The van der Waals surface area contributed by atoms with Crippen LogP contribution in [0.5, 0.6) is 0 Å². The van der Waals surface area contributed by atoms with Crippen molar-refractivity contribution in [2.24, 2.45) is 0 Å². The quantitative estimate of drug-likeness (QED) is 0.659. The summed E-state index contributed by atoms with van der Waals surface area (Å²) in [6.45, 7) is 2.87. The Morgan fingerprint density at radius 1 is 1.07 bits per heavy atom. The van der Waals surface area contributed by atoms with E-state index in [0.29, 0.717) is 31.2 Å². The largest absolute Gasteiger partial charge is 0.351 e. The van der Waals surface area contributed by atoms with Gasteiger partial charge in [-0.2, -0.15) is 15.0 Å². The van der Waals surface area contributed by atoms with Gasteiger partial charge in [0.1, 0.15) is 17.8 Å². The number of halogens is 2. The fourth-order valence-electron chi connectivity index (χ4n) is 3.09. The van der Waals surface area contributed by atoms with Gasteiger partial charge in [0.2, 0.25) is 0 Å². The highest BCUT2D eigenvalue weighted by atomic mass is 19.1. The number of benzene rings is 1. The first kappa shape index (κ1) is 17.5. The van der Waals surface area contributed by atoms with Gasteiger partial charge in [0.05, 0.1) is 18.9 Å². The lowest BCUT2D eigenvalue weighted by Gasteiger charge is -2.44. The number of nitrogens with zero attached hydrogens (tertiary/aromatic N) is 7. The van der Waals surface area contributed by atoms with Crippen LogP contribution >= 0.6 is 0 Å². The summed E-state index contributed by atoms with van der Waals surface area (Å²) in [4.78, 5) is 13.9. The summed E-state index contributed by atoms with van der Waals surface area (Å²) in [6.07, 6.45) is 4.65. The van der Waals surface area contributed by atoms with Crippen LogP contribution in [0.4, 0.5) is 14.6 Å². The zero-order chi connectivity index (χ0) is 18.8. The second-order valence-electron chi connectivity index (χ2n) is 6.53. The molecule has 0 N–H and O–H groups in total. The van der Waals surface area contributed by atoms with Gasteiger partial charge in [-0.25, -0.2) is 18.7 Å². The van der Waals surface area contributed by atoms with E-state index in [0.717, 1.165) is 6.54 Å². The van der Waals surface area contributed by atoms with Gasteiger partial charge in [-0.1, -0.05) is 0 Å². The highest BCUT2D eigenvalue weighted by Gasteiger charge is 2.33. The van der Waals surface area contributed by atoms with Crippen molar-refractivity contribution in [2.45, 2.75) is 12.6 Å². The molecule has 140 valence electrons. The molecule has 7 nitrogen and oxygen atoms in total. The third-order valence-electron chi connectivity index (χ3n) is 4.79. The molecule has 2 aromatic heterocycles. The second-order valence-corrected chi connectivity index (χ2v) is 6.53. The smallest absolute Gasteiger partial charge is 0.191 e. The molecule has 3 aromatic rings. The van der Waals surface area contributed by atoms with Crippen molar-refractivity contribution in [2.75, 3.05) is 31.6 Å². The predicted molar refractivity (Wildman–Crippen MR) is 96.0 cm³/mol. The molecule has 0 atom stereocenters. The maximum atomic E-state index is 14.9. The molecule has 0 aliphatic carbocycles. The van der Waals surface area contributed by atoms with Crippen LogP contribution in [0.1, 0.15) is 0 Å². The zero-order valence-electron chi connectivity index (χ0n) is 14.8. The maximum absolute atomic E-state index is 14.9. The average Bonchev–Trinajstić information content (AvgIpc) is 3.15. The van der Waals surface area contributed by atoms with Crippen molar-refractivity contribution < 1.29 is 8.78 Å². The standard InChI is InChI=1S/C18H19F2N7/c1-25(8-9-27-23-6-7-24-27)15-10-26(11-15)18-16(20)17(21-12-22-18)13-2-4-14(19)5-3-13/h2-7,12,15H,8-11H2,1H3. The third kappa shape index (κ3) is 3.63. The lowest BCUT2D eigenvalue weighted by atomic mass is 10.1. The molecule has 1 fully saturated rings. The van der Waals surface area contributed by atoms with Crippen LogP contribution in [0.25, 0.3) is 11.3 Å². The molecule has 0 radical (unpaired) electrons. The summed E-state index contributed by atoms with van der Waals surface area (Å²) < 4.78 is 28.0. The van der Waals surface area contributed by atoms with Crippen molar-refractivity contribution in [3.05, 3.63) is 54.6 Å². The van der Waals surface area contributed by atoms with E-state index in [9.17, 15) is 8.78 Å². The van der Waals surface area contributed by atoms with E-state index in [1.165, 1.54) is 30.6 Å². The fraction of sp³-hybridized carbons (Fsp3) is 0.333. The zero-order valence-corrected chi connectivity index (χ0v) is 14.8. The summed E-state index contributed by atoms with van der Waals surface area (Å²) in [6, 6.07) is 5.92. The van der Waals surface area contributed by atoms with Crippen LogP contribution < -0.4 is 4.90 Å². The van der Waals surface area contributed by atoms with Crippen LogP contribution in [0.2, 0.25) is 0 Å². The highest BCUT2D eigenvalue weighted by Crippen LogP contribution is 2.29. The first-order valence-corrected chi connectivity index (χ1v) is 8.67. The molecule has 1 aliphatic heterocycles. The van der Waals surface area contributed by atoms with Gasteiger partial charge in [0.25, 0.3) is 0 Å². The van der Waals surface area contributed by atoms with Crippen LogP contribution in [-0.4, -0.2) is 62.6 Å². The van der Waals surface area contributed by atoms with Crippen molar-refractivity contribution in [1.82, 2.24) is 29.9 Å². The Balaban J connectivity index is 1.40. The van der Waals surface area contributed by atoms with Crippen molar-refractivity contribution in [3.63, 3.8) is 0 Å². The molecular weight excluding hydrogens is 352 g/mol. The number of likely N-dealkylation sites (N-methyl/N-ethyl adjacent to an activating group) is 1. The van der Waals surface area contributed by atoms with Crippen molar-refractivity contribution in [1.29, 1.82) is 0 Å². The van der Waals surface area contributed by atoms with Gasteiger partial charge < -0.3 is 4.90 Å². The van der Waals surface area contributed by atoms with Gasteiger partial charge >= 0.3 is 0 Å². The van der Waals surface area contributed by atoms with Gasteiger partial charge in [0.15, 0.2) is 11.6 Å². The highest BCUT2D eigenvalue weighted by molar-refractivity contribution is 5.64. The molecule has 0 amide bonds. The lowest BCUT2D eigenvalue weighted by Crippen LogP contribution is -2.59. The molecule has 9 heteroatoms. The van der Waals surface area contributed by atoms with E-state index in [-0.39, 0.29) is 17.3 Å². The Labute approximate surface area is 155 Å². The molecular formula is C18H19F2N7. The fourth-order valence-corrected chi connectivity index (χ4v) is 3.09. The van der Waals surface area contributed by atoms with Crippen LogP contribution in [0.15, 0.2) is 43.0 Å². The van der Waals surface area contributed by atoms with E-state index in [2.05, 4.69) is 25.1 Å². The number of rotatable bonds is 6.